The maximum Gasteiger partial charge on any atom is 0.240 e. The Morgan fingerprint density at radius 3 is 2.52 bits per heavy atom. The molecule has 0 saturated carbocycles. The van der Waals surface area contributed by atoms with Crippen LogP contribution in [0.2, 0.25) is 5.02 Å². The van der Waals surface area contributed by atoms with Crippen LogP contribution in [0.4, 0.5) is 0 Å². The molecule has 29 heavy (non-hydrogen) atoms. The second-order valence-electron chi connectivity index (χ2n) is 6.39. The molecule has 0 atom stereocenters. The summed E-state index contributed by atoms with van der Waals surface area (Å²) >= 11 is 5.93. The summed E-state index contributed by atoms with van der Waals surface area (Å²) in [7, 11) is -3.68. The SMILES string of the molecule is O=S(=O)(NCc1ccnc(-c2ccco2)c1)c1cccc(-c2ccc(Cl)cc2)c1. The highest BCUT2D eigenvalue weighted by molar-refractivity contribution is 7.89. The standard InChI is InChI=1S/C22H17ClN2O3S/c23-19-8-6-17(7-9-19)18-3-1-4-20(14-18)29(26,27)25-15-16-10-11-24-21(13-16)22-5-2-12-28-22/h1-14,25H,15H2. The zero-order valence-corrected chi connectivity index (χ0v) is 16.8. The normalized spacial score (nSPS) is 11.5. The van der Waals surface area contributed by atoms with Crippen molar-refractivity contribution in [2.45, 2.75) is 11.4 Å². The van der Waals surface area contributed by atoms with Gasteiger partial charge in [-0.1, -0.05) is 35.9 Å². The Morgan fingerprint density at radius 2 is 1.76 bits per heavy atom. The summed E-state index contributed by atoms with van der Waals surface area (Å²) in [5.41, 5.74) is 3.12. The summed E-state index contributed by atoms with van der Waals surface area (Å²) in [5.74, 6) is 0.630. The highest BCUT2D eigenvalue weighted by Gasteiger charge is 2.15. The molecule has 0 amide bonds. The highest BCUT2D eigenvalue weighted by atomic mass is 35.5. The lowest BCUT2D eigenvalue weighted by molar-refractivity contribution is 0.579. The molecule has 2 aromatic heterocycles. The van der Waals surface area contributed by atoms with E-state index in [0.717, 1.165) is 16.7 Å². The number of benzene rings is 2. The minimum absolute atomic E-state index is 0.143. The number of nitrogens with zero attached hydrogens (tertiary/aromatic N) is 1. The van der Waals surface area contributed by atoms with Gasteiger partial charge < -0.3 is 4.42 Å². The van der Waals surface area contributed by atoms with Crippen molar-refractivity contribution in [1.29, 1.82) is 0 Å². The van der Waals surface area contributed by atoms with Crippen LogP contribution in [0.15, 0.2) is 94.6 Å². The largest absolute Gasteiger partial charge is 0.463 e. The second-order valence-corrected chi connectivity index (χ2v) is 8.59. The van der Waals surface area contributed by atoms with E-state index in [-0.39, 0.29) is 11.4 Å². The van der Waals surface area contributed by atoms with E-state index in [2.05, 4.69) is 9.71 Å². The van der Waals surface area contributed by atoms with Crippen molar-refractivity contribution in [3.8, 4) is 22.6 Å². The summed E-state index contributed by atoms with van der Waals surface area (Å²) in [6.07, 6.45) is 3.20. The van der Waals surface area contributed by atoms with Gasteiger partial charge in [-0.05, 0) is 65.2 Å². The Hall–Kier alpha value is -2.93. The van der Waals surface area contributed by atoms with E-state index in [1.165, 1.54) is 0 Å². The second kappa shape index (κ2) is 8.21. The third-order valence-corrected chi connectivity index (χ3v) is 6.04. The lowest BCUT2D eigenvalue weighted by Crippen LogP contribution is -2.23. The van der Waals surface area contributed by atoms with Crippen LogP contribution < -0.4 is 4.72 Å². The molecule has 5 nitrogen and oxygen atoms in total. The molecule has 4 rings (SSSR count). The number of rotatable bonds is 6. The van der Waals surface area contributed by atoms with Crippen molar-refractivity contribution in [3.05, 3.63) is 95.8 Å². The van der Waals surface area contributed by atoms with Gasteiger partial charge in [0.2, 0.25) is 10.0 Å². The molecule has 2 heterocycles. The zero-order chi connectivity index (χ0) is 20.3. The van der Waals surface area contributed by atoms with E-state index in [1.807, 2.05) is 18.2 Å². The van der Waals surface area contributed by atoms with Crippen molar-refractivity contribution in [1.82, 2.24) is 9.71 Å². The molecule has 146 valence electrons. The van der Waals surface area contributed by atoms with Gasteiger partial charge in [0.25, 0.3) is 0 Å². The Morgan fingerprint density at radius 1 is 0.931 bits per heavy atom. The predicted molar refractivity (Wildman–Crippen MR) is 113 cm³/mol. The van der Waals surface area contributed by atoms with Gasteiger partial charge in [-0.2, -0.15) is 0 Å². The van der Waals surface area contributed by atoms with Crippen LogP contribution in [0.5, 0.6) is 0 Å². The molecule has 0 aliphatic heterocycles. The van der Waals surface area contributed by atoms with Crippen molar-refractivity contribution in [2.24, 2.45) is 0 Å². The van der Waals surface area contributed by atoms with Crippen LogP contribution in [-0.4, -0.2) is 13.4 Å². The Kier molecular flexibility index (Phi) is 5.49. The topological polar surface area (TPSA) is 72.2 Å². The molecule has 0 aliphatic rings. The fourth-order valence-corrected chi connectivity index (χ4v) is 4.08. The molecule has 0 radical (unpaired) electrons. The van der Waals surface area contributed by atoms with Crippen molar-refractivity contribution in [3.63, 3.8) is 0 Å². The summed E-state index contributed by atoms with van der Waals surface area (Å²) in [4.78, 5) is 4.45. The van der Waals surface area contributed by atoms with E-state index in [9.17, 15) is 8.42 Å². The van der Waals surface area contributed by atoms with Gasteiger partial charge in [-0.15, -0.1) is 0 Å². The molecule has 2 aromatic carbocycles. The lowest BCUT2D eigenvalue weighted by Gasteiger charge is -2.09. The van der Waals surface area contributed by atoms with Crippen LogP contribution in [0.25, 0.3) is 22.6 Å². The van der Waals surface area contributed by atoms with Gasteiger partial charge in [-0.3, -0.25) is 4.98 Å². The average Bonchev–Trinajstić information content (AvgIpc) is 3.28. The highest BCUT2D eigenvalue weighted by Crippen LogP contribution is 2.24. The number of hydrogen-bond donors (Lipinski definition) is 1. The van der Waals surface area contributed by atoms with Crippen LogP contribution in [-0.2, 0) is 16.6 Å². The number of hydrogen-bond acceptors (Lipinski definition) is 4. The summed E-state index contributed by atoms with van der Waals surface area (Å²) in [6, 6.07) is 21.2. The number of sulfonamides is 1. The van der Waals surface area contributed by atoms with Gasteiger partial charge in [0.05, 0.1) is 11.2 Å². The lowest BCUT2D eigenvalue weighted by atomic mass is 10.1. The molecule has 0 saturated heterocycles. The Bertz CT molecular complexity index is 1220. The van der Waals surface area contributed by atoms with Gasteiger partial charge in [-0.25, -0.2) is 13.1 Å². The summed E-state index contributed by atoms with van der Waals surface area (Å²) in [6.45, 7) is 0.143. The number of nitrogens with one attached hydrogen (secondary N) is 1. The minimum Gasteiger partial charge on any atom is -0.463 e. The molecule has 0 fully saturated rings. The van der Waals surface area contributed by atoms with E-state index >= 15 is 0 Å². The Labute approximate surface area is 174 Å². The van der Waals surface area contributed by atoms with E-state index < -0.39 is 10.0 Å². The molecule has 0 bridgehead atoms. The first kappa shape index (κ1) is 19.4. The summed E-state index contributed by atoms with van der Waals surface area (Å²) < 4.78 is 33.6. The average molecular weight is 425 g/mol. The van der Waals surface area contributed by atoms with Crippen molar-refractivity contribution < 1.29 is 12.8 Å². The molecule has 0 aliphatic carbocycles. The van der Waals surface area contributed by atoms with E-state index in [1.54, 1.807) is 67.1 Å². The van der Waals surface area contributed by atoms with Crippen molar-refractivity contribution in [2.75, 3.05) is 0 Å². The molecule has 0 spiro atoms. The molecule has 4 aromatic rings. The maximum atomic E-state index is 12.8. The Balaban J connectivity index is 1.53. The maximum absolute atomic E-state index is 12.8. The first-order valence-electron chi connectivity index (χ1n) is 8.86. The first-order chi connectivity index (χ1) is 14.0. The summed E-state index contributed by atoms with van der Waals surface area (Å²) in [5, 5.41) is 0.630. The van der Waals surface area contributed by atoms with Crippen LogP contribution >= 0.6 is 11.6 Å². The fraction of sp³-hybridized carbons (Fsp3) is 0.0455. The number of aromatic nitrogens is 1. The quantitative estimate of drug-likeness (QED) is 0.465. The molecular formula is C22H17ClN2O3S. The zero-order valence-electron chi connectivity index (χ0n) is 15.2. The smallest absolute Gasteiger partial charge is 0.240 e. The third kappa shape index (κ3) is 4.56. The van der Waals surface area contributed by atoms with E-state index in [0.29, 0.717) is 16.5 Å². The van der Waals surface area contributed by atoms with Crippen LogP contribution in [0, 0.1) is 0 Å². The molecule has 1 N–H and O–H groups in total. The first-order valence-corrected chi connectivity index (χ1v) is 10.7. The van der Waals surface area contributed by atoms with Crippen molar-refractivity contribution >= 4 is 21.6 Å². The van der Waals surface area contributed by atoms with E-state index in [4.69, 9.17) is 16.0 Å². The van der Waals surface area contributed by atoms with Gasteiger partial charge in [0, 0.05) is 17.8 Å². The molecular weight excluding hydrogens is 408 g/mol. The van der Waals surface area contributed by atoms with Gasteiger partial charge >= 0.3 is 0 Å². The third-order valence-electron chi connectivity index (χ3n) is 4.39. The van der Waals surface area contributed by atoms with Crippen LogP contribution in [0.1, 0.15) is 5.56 Å². The predicted octanol–water partition coefficient (Wildman–Crippen LogP) is 5.14. The minimum atomic E-state index is -3.68. The van der Waals surface area contributed by atoms with Crippen LogP contribution in [0.3, 0.4) is 0 Å². The number of furan rings is 1. The number of pyridine rings is 1. The number of halogens is 1. The van der Waals surface area contributed by atoms with Gasteiger partial charge in [0.15, 0.2) is 5.76 Å². The monoisotopic (exact) mass is 424 g/mol. The fourth-order valence-electron chi connectivity index (χ4n) is 2.89. The molecule has 7 heteroatoms. The molecule has 0 unspecified atom stereocenters. The van der Waals surface area contributed by atoms with Gasteiger partial charge in [0.1, 0.15) is 5.69 Å².